The second kappa shape index (κ2) is 9.79. The standard InChI is InChI=1S/C19H30N6O/c1-6-18-23-22-14-25(18)8-7-21-19(20-4)24(5)9-10-26-17-12-15(2)11-16(3)13-17/h11-14H,6-10H2,1-5H3,(H,20,21). The molecular weight excluding hydrogens is 328 g/mol. The topological polar surface area (TPSA) is 67.6 Å². The van der Waals surface area contributed by atoms with Gasteiger partial charge in [0, 0.05) is 33.6 Å². The Morgan fingerprint density at radius 2 is 2.00 bits per heavy atom. The zero-order chi connectivity index (χ0) is 18.9. The van der Waals surface area contributed by atoms with Gasteiger partial charge in [-0.05, 0) is 37.1 Å². The lowest BCUT2D eigenvalue weighted by Crippen LogP contribution is -2.42. The fourth-order valence-electron chi connectivity index (χ4n) is 2.83. The molecule has 0 atom stereocenters. The molecule has 1 aromatic carbocycles. The van der Waals surface area contributed by atoms with Gasteiger partial charge in [-0.3, -0.25) is 4.99 Å². The average Bonchev–Trinajstić information content (AvgIpc) is 3.05. The van der Waals surface area contributed by atoms with E-state index in [9.17, 15) is 0 Å². The summed E-state index contributed by atoms with van der Waals surface area (Å²) in [5, 5.41) is 11.4. The molecule has 0 radical (unpaired) electrons. The highest BCUT2D eigenvalue weighted by molar-refractivity contribution is 5.79. The van der Waals surface area contributed by atoms with E-state index in [1.54, 1.807) is 13.4 Å². The molecule has 1 aromatic heterocycles. The molecule has 1 heterocycles. The molecule has 0 aliphatic carbocycles. The van der Waals surface area contributed by atoms with Gasteiger partial charge in [-0.25, -0.2) is 0 Å². The highest BCUT2D eigenvalue weighted by Crippen LogP contribution is 2.15. The first-order chi connectivity index (χ1) is 12.5. The van der Waals surface area contributed by atoms with Crippen molar-refractivity contribution in [3.63, 3.8) is 0 Å². The number of likely N-dealkylation sites (N-methyl/N-ethyl adjacent to an activating group) is 1. The molecule has 0 amide bonds. The largest absolute Gasteiger partial charge is 0.492 e. The highest BCUT2D eigenvalue weighted by atomic mass is 16.5. The third-order valence-corrected chi connectivity index (χ3v) is 4.11. The molecule has 0 bridgehead atoms. The first-order valence-electron chi connectivity index (χ1n) is 9.03. The Balaban J connectivity index is 1.76. The fraction of sp³-hybridized carbons (Fsp3) is 0.526. The maximum atomic E-state index is 5.88. The smallest absolute Gasteiger partial charge is 0.193 e. The van der Waals surface area contributed by atoms with E-state index in [1.165, 1.54) is 11.1 Å². The summed E-state index contributed by atoms with van der Waals surface area (Å²) in [5.41, 5.74) is 2.43. The van der Waals surface area contributed by atoms with Gasteiger partial charge in [-0.15, -0.1) is 10.2 Å². The van der Waals surface area contributed by atoms with Crippen LogP contribution in [0.15, 0.2) is 29.5 Å². The van der Waals surface area contributed by atoms with E-state index in [4.69, 9.17) is 4.74 Å². The van der Waals surface area contributed by atoms with Crippen molar-refractivity contribution in [3.05, 3.63) is 41.5 Å². The Labute approximate surface area is 156 Å². The number of hydrogen-bond acceptors (Lipinski definition) is 4. The minimum atomic E-state index is 0.603. The maximum Gasteiger partial charge on any atom is 0.193 e. The van der Waals surface area contributed by atoms with Gasteiger partial charge in [0.05, 0.1) is 6.54 Å². The number of benzene rings is 1. The zero-order valence-corrected chi connectivity index (χ0v) is 16.5. The molecule has 7 heteroatoms. The minimum absolute atomic E-state index is 0.603. The molecule has 0 spiro atoms. The van der Waals surface area contributed by atoms with Gasteiger partial charge in [0.15, 0.2) is 5.96 Å². The van der Waals surface area contributed by atoms with Crippen LogP contribution in [-0.4, -0.2) is 59.4 Å². The van der Waals surface area contributed by atoms with Gasteiger partial charge >= 0.3 is 0 Å². The molecule has 2 aromatic rings. The molecule has 2 rings (SSSR count). The summed E-state index contributed by atoms with van der Waals surface area (Å²) in [7, 11) is 3.80. The number of guanidine groups is 1. The normalized spacial score (nSPS) is 11.5. The molecule has 7 nitrogen and oxygen atoms in total. The van der Waals surface area contributed by atoms with Crippen molar-refractivity contribution in [2.24, 2.45) is 4.99 Å². The summed E-state index contributed by atoms with van der Waals surface area (Å²) < 4.78 is 7.94. The molecule has 0 aliphatic heterocycles. The molecule has 1 N–H and O–H groups in total. The molecule has 26 heavy (non-hydrogen) atoms. The van der Waals surface area contributed by atoms with Crippen molar-refractivity contribution in [2.75, 3.05) is 33.8 Å². The van der Waals surface area contributed by atoms with E-state index >= 15 is 0 Å². The van der Waals surface area contributed by atoms with Crippen LogP contribution in [0, 0.1) is 13.8 Å². The lowest BCUT2D eigenvalue weighted by Gasteiger charge is -2.22. The van der Waals surface area contributed by atoms with Gasteiger partial charge in [0.25, 0.3) is 0 Å². The van der Waals surface area contributed by atoms with Gasteiger partial charge in [-0.2, -0.15) is 0 Å². The molecular formula is C19H30N6O. The van der Waals surface area contributed by atoms with Gasteiger partial charge in [0.1, 0.15) is 24.5 Å². The van der Waals surface area contributed by atoms with Crippen LogP contribution in [-0.2, 0) is 13.0 Å². The zero-order valence-electron chi connectivity index (χ0n) is 16.5. The predicted molar refractivity (Wildman–Crippen MR) is 105 cm³/mol. The second-order valence-electron chi connectivity index (χ2n) is 6.36. The van der Waals surface area contributed by atoms with Crippen LogP contribution in [0.2, 0.25) is 0 Å². The van der Waals surface area contributed by atoms with Crippen molar-refractivity contribution < 1.29 is 4.74 Å². The van der Waals surface area contributed by atoms with Crippen molar-refractivity contribution in [3.8, 4) is 5.75 Å². The highest BCUT2D eigenvalue weighted by Gasteiger charge is 2.07. The van der Waals surface area contributed by atoms with Crippen LogP contribution in [0.3, 0.4) is 0 Å². The monoisotopic (exact) mass is 358 g/mol. The van der Waals surface area contributed by atoms with Gasteiger partial charge in [0.2, 0.25) is 0 Å². The predicted octanol–water partition coefficient (Wildman–Crippen LogP) is 2.04. The van der Waals surface area contributed by atoms with Crippen LogP contribution in [0.25, 0.3) is 0 Å². The summed E-state index contributed by atoms with van der Waals surface area (Å²) in [6.07, 6.45) is 2.65. The van der Waals surface area contributed by atoms with E-state index in [0.717, 1.165) is 43.6 Å². The maximum absolute atomic E-state index is 5.88. The number of aromatic nitrogens is 3. The van der Waals surface area contributed by atoms with Crippen molar-refractivity contribution in [1.29, 1.82) is 0 Å². The van der Waals surface area contributed by atoms with E-state index in [-0.39, 0.29) is 0 Å². The molecule has 142 valence electrons. The number of rotatable bonds is 8. The summed E-state index contributed by atoms with van der Waals surface area (Å²) in [6.45, 7) is 9.17. The number of nitrogens with one attached hydrogen (secondary N) is 1. The van der Waals surface area contributed by atoms with Crippen molar-refractivity contribution in [2.45, 2.75) is 33.7 Å². The first-order valence-corrected chi connectivity index (χ1v) is 9.03. The Morgan fingerprint density at radius 3 is 2.65 bits per heavy atom. The van der Waals surface area contributed by atoms with E-state index in [0.29, 0.717) is 6.61 Å². The van der Waals surface area contributed by atoms with Crippen LogP contribution in [0.5, 0.6) is 5.75 Å². The summed E-state index contributed by atoms with van der Waals surface area (Å²) in [4.78, 5) is 6.40. The fourth-order valence-corrected chi connectivity index (χ4v) is 2.83. The first kappa shape index (κ1) is 19.8. The Bertz CT molecular complexity index is 704. The third kappa shape index (κ3) is 5.75. The van der Waals surface area contributed by atoms with E-state index < -0.39 is 0 Å². The summed E-state index contributed by atoms with van der Waals surface area (Å²) in [5.74, 6) is 2.76. The average molecular weight is 358 g/mol. The van der Waals surface area contributed by atoms with Crippen LogP contribution in [0.1, 0.15) is 23.9 Å². The Kier molecular flexibility index (Phi) is 7.44. The summed E-state index contributed by atoms with van der Waals surface area (Å²) >= 11 is 0. The molecule has 0 saturated heterocycles. The number of aryl methyl sites for hydroxylation is 3. The molecule has 0 fully saturated rings. The SMILES string of the molecule is CCc1nncn1CCNC(=NC)N(C)CCOc1cc(C)cc(C)c1. The lowest BCUT2D eigenvalue weighted by molar-refractivity contribution is 0.281. The molecule has 0 aliphatic rings. The van der Waals surface area contributed by atoms with E-state index in [1.807, 2.05) is 7.05 Å². The number of ether oxygens (including phenoxy) is 1. The molecule has 0 saturated carbocycles. The summed E-state index contributed by atoms with van der Waals surface area (Å²) in [6, 6.07) is 6.26. The number of nitrogens with zero attached hydrogens (tertiary/aromatic N) is 5. The van der Waals surface area contributed by atoms with Crippen LogP contribution >= 0.6 is 0 Å². The van der Waals surface area contributed by atoms with Gasteiger partial charge < -0.3 is 19.5 Å². The minimum Gasteiger partial charge on any atom is -0.492 e. The Hall–Kier alpha value is -2.57. The lowest BCUT2D eigenvalue weighted by atomic mass is 10.1. The van der Waals surface area contributed by atoms with Crippen molar-refractivity contribution >= 4 is 5.96 Å². The third-order valence-electron chi connectivity index (χ3n) is 4.11. The van der Waals surface area contributed by atoms with Crippen molar-refractivity contribution in [1.82, 2.24) is 25.0 Å². The van der Waals surface area contributed by atoms with Gasteiger partial charge in [-0.1, -0.05) is 13.0 Å². The molecule has 0 unspecified atom stereocenters. The van der Waals surface area contributed by atoms with Crippen LogP contribution in [0.4, 0.5) is 0 Å². The second-order valence-corrected chi connectivity index (χ2v) is 6.36. The quantitative estimate of drug-likeness (QED) is 0.578. The Morgan fingerprint density at radius 1 is 1.27 bits per heavy atom. The number of aliphatic imine (C=N–C) groups is 1. The number of hydrogen-bond donors (Lipinski definition) is 1. The van der Waals surface area contributed by atoms with E-state index in [2.05, 4.69) is 68.9 Å². The van der Waals surface area contributed by atoms with Crippen LogP contribution < -0.4 is 10.1 Å².